The van der Waals surface area contributed by atoms with E-state index >= 15 is 0 Å². The average Bonchev–Trinajstić information content (AvgIpc) is 2.44. The Morgan fingerprint density at radius 1 is 1.32 bits per heavy atom. The zero-order valence-corrected chi connectivity index (χ0v) is 16.6. The third kappa shape index (κ3) is 6.18. The molecule has 0 fully saturated rings. The minimum Gasteiger partial charge on any atom is -1.00 e. The number of carbonyl (C=O) groups excluding carboxylic acids is 1. The summed E-state index contributed by atoms with van der Waals surface area (Å²) < 4.78 is 35.9. The number of esters is 1. The van der Waals surface area contributed by atoms with E-state index in [-0.39, 0.29) is 41.6 Å². The Balaban J connectivity index is 0. The molecule has 0 aliphatic heterocycles. The van der Waals surface area contributed by atoms with Crippen LogP contribution in [-0.2, 0) is 14.9 Å². The first-order valence-corrected chi connectivity index (χ1v) is 8.53. The fourth-order valence-corrected chi connectivity index (χ4v) is 2.41. The van der Waals surface area contributed by atoms with Gasteiger partial charge in [0.25, 0.3) is 10.1 Å². The number of ether oxygens (including phenoxy) is 1. The predicted octanol–water partition coefficient (Wildman–Crippen LogP) is 0.533. The molecule has 1 aromatic rings. The van der Waals surface area contributed by atoms with Crippen molar-refractivity contribution in [3.63, 3.8) is 0 Å². The van der Waals surface area contributed by atoms with Crippen LogP contribution in [0.4, 0.5) is 0 Å². The van der Waals surface area contributed by atoms with Crippen molar-refractivity contribution >= 4 is 27.7 Å². The molecule has 0 aromatic heterocycles. The molecule has 0 bridgehead atoms. The van der Waals surface area contributed by atoms with Crippen LogP contribution < -0.4 is 34.3 Å². The number of carbonyl (C=O) groups is 1. The topological polar surface area (TPSA) is 80.7 Å². The summed E-state index contributed by atoms with van der Waals surface area (Å²) in [6.07, 6.45) is 2.69. The van der Waals surface area contributed by atoms with Gasteiger partial charge in [0.1, 0.15) is 10.6 Å². The molecule has 0 aliphatic rings. The minimum atomic E-state index is -4.26. The van der Waals surface area contributed by atoms with E-state index in [1.807, 2.05) is 13.8 Å². The van der Waals surface area contributed by atoms with Crippen LogP contribution in [0.15, 0.2) is 29.2 Å². The average molecular weight is 359 g/mol. The van der Waals surface area contributed by atoms with Crippen LogP contribution in [-0.4, -0.2) is 23.8 Å². The summed E-state index contributed by atoms with van der Waals surface area (Å²) >= 11 is 6.30. The van der Waals surface area contributed by atoms with E-state index in [4.69, 9.17) is 20.9 Å². The number of hydrogen-bond acceptors (Lipinski definition) is 4. The molecule has 0 heterocycles. The molecule has 1 unspecified atom stereocenters. The fraction of sp³-hybridized carbons (Fsp3) is 0.500. The second-order valence-electron chi connectivity index (χ2n) is 4.76. The number of benzene rings is 1. The van der Waals surface area contributed by atoms with Crippen molar-refractivity contribution in [2.24, 2.45) is 0 Å². The van der Waals surface area contributed by atoms with Crippen LogP contribution in [0.2, 0.25) is 0 Å². The Morgan fingerprint density at radius 3 is 2.27 bits per heavy atom. The standard InChI is InChI=1S/C14H19ClO5S.Na.H/c1-3-5-10-14(15,4-2)13(16)20-11-6-8-12(9-7-11)21(17,18)19;;/h6-9H,3-5,10H2,1-2H3,(H,17,18,19);;/q;+1;-1. The molecule has 0 aliphatic carbocycles. The van der Waals surface area contributed by atoms with Crippen molar-refractivity contribution in [3.8, 4) is 5.75 Å². The van der Waals surface area contributed by atoms with E-state index < -0.39 is 21.0 Å². The molecule has 0 amide bonds. The number of alkyl halides is 1. The molecule has 5 nitrogen and oxygen atoms in total. The summed E-state index contributed by atoms with van der Waals surface area (Å²) in [6.45, 7) is 3.82. The predicted molar refractivity (Wildman–Crippen MR) is 81.4 cm³/mol. The number of hydrogen-bond donors (Lipinski definition) is 1. The van der Waals surface area contributed by atoms with Crippen molar-refractivity contribution in [3.05, 3.63) is 24.3 Å². The van der Waals surface area contributed by atoms with Crippen molar-refractivity contribution in [1.82, 2.24) is 0 Å². The molecule has 120 valence electrons. The molecule has 1 atom stereocenters. The van der Waals surface area contributed by atoms with Crippen molar-refractivity contribution < 1.29 is 53.5 Å². The SMILES string of the molecule is CCCCC(Cl)(CC)C(=O)Oc1ccc(S(=O)(=O)O)cc1.[H-].[Na+]. The zero-order chi connectivity index (χ0) is 16.1. The van der Waals surface area contributed by atoms with E-state index in [0.29, 0.717) is 12.8 Å². The summed E-state index contributed by atoms with van der Waals surface area (Å²) in [5.41, 5.74) is 0. The molecule has 1 N–H and O–H groups in total. The van der Waals surface area contributed by atoms with Crippen molar-refractivity contribution in [1.29, 1.82) is 0 Å². The Kier molecular flexibility index (Phi) is 9.20. The molecule has 0 spiro atoms. The van der Waals surface area contributed by atoms with Gasteiger partial charge >= 0.3 is 35.5 Å². The second-order valence-corrected chi connectivity index (χ2v) is 6.90. The number of rotatable bonds is 7. The maximum absolute atomic E-state index is 12.1. The first-order valence-electron chi connectivity index (χ1n) is 6.71. The maximum Gasteiger partial charge on any atom is 1.00 e. The van der Waals surface area contributed by atoms with Gasteiger partial charge in [-0.25, -0.2) is 4.79 Å². The quantitative estimate of drug-likeness (QED) is 0.253. The van der Waals surface area contributed by atoms with E-state index in [1.165, 1.54) is 12.1 Å². The monoisotopic (exact) mass is 358 g/mol. The van der Waals surface area contributed by atoms with Gasteiger partial charge < -0.3 is 6.16 Å². The molecule has 0 radical (unpaired) electrons. The first-order chi connectivity index (χ1) is 9.73. The van der Waals surface area contributed by atoms with E-state index in [0.717, 1.165) is 25.0 Å². The van der Waals surface area contributed by atoms with Crippen LogP contribution in [0.25, 0.3) is 0 Å². The van der Waals surface area contributed by atoms with Gasteiger partial charge in [-0.3, -0.25) is 4.55 Å². The second kappa shape index (κ2) is 9.25. The van der Waals surface area contributed by atoms with Gasteiger partial charge in [-0.05, 0) is 37.1 Å². The van der Waals surface area contributed by atoms with E-state index in [2.05, 4.69) is 0 Å². The first kappa shape index (κ1) is 21.9. The van der Waals surface area contributed by atoms with Gasteiger partial charge in [0, 0.05) is 0 Å². The molecule has 1 aromatic carbocycles. The summed E-state index contributed by atoms with van der Waals surface area (Å²) in [5.74, 6) is -0.373. The van der Waals surface area contributed by atoms with Crippen LogP contribution in [0.1, 0.15) is 41.0 Å². The number of unbranched alkanes of at least 4 members (excludes halogenated alkanes) is 1. The van der Waals surface area contributed by atoms with Gasteiger partial charge in [-0.2, -0.15) is 8.42 Å². The Hall–Kier alpha value is -0.110. The smallest absolute Gasteiger partial charge is 1.00 e. The largest absolute Gasteiger partial charge is 1.00 e. The van der Waals surface area contributed by atoms with Crippen molar-refractivity contribution in [2.75, 3.05) is 0 Å². The molecular formula is C14H20ClNaO5S. The van der Waals surface area contributed by atoms with E-state index in [9.17, 15) is 13.2 Å². The van der Waals surface area contributed by atoms with Gasteiger partial charge in [0.15, 0.2) is 0 Å². The normalized spacial score (nSPS) is 13.8. The molecule has 0 saturated heterocycles. The summed E-state index contributed by atoms with van der Waals surface area (Å²) in [5, 5.41) is 0. The van der Waals surface area contributed by atoms with Gasteiger partial charge in [-0.15, -0.1) is 11.6 Å². The number of halogens is 1. The molecular weight excluding hydrogens is 339 g/mol. The van der Waals surface area contributed by atoms with Gasteiger partial charge in [-0.1, -0.05) is 26.7 Å². The Labute approximate surface area is 159 Å². The van der Waals surface area contributed by atoms with Crippen LogP contribution in [0.3, 0.4) is 0 Å². The van der Waals surface area contributed by atoms with Crippen LogP contribution in [0, 0.1) is 0 Å². The molecule has 8 heteroatoms. The zero-order valence-electron chi connectivity index (χ0n) is 14.0. The summed E-state index contributed by atoms with van der Waals surface area (Å²) in [7, 11) is -4.26. The van der Waals surface area contributed by atoms with Crippen LogP contribution >= 0.6 is 11.6 Å². The van der Waals surface area contributed by atoms with E-state index in [1.54, 1.807) is 0 Å². The molecule has 1 rings (SSSR count). The fourth-order valence-electron chi connectivity index (χ4n) is 1.76. The van der Waals surface area contributed by atoms with Gasteiger partial charge in [0.2, 0.25) is 0 Å². The third-order valence-electron chi connectivity index (χ3n) is 3.18. The molecule has 22 heavy (non-hydrogen) atoms. The maximum atomic E-state index is 12.1. The third-order valence-corrected chi connectivity index (χ3v) is 4.66. The summed E-state index contributed by atoms with van der Waals surface area (Å²) in [4.78, 5) is 10.8. The van der Waals surface area contributed by atoms with Crippen LogP contribution in [0.5, 0.6) is 5.75 Å². The Bertz CT molecular complexity index is 594. The minimum absolute atomic E-state index is 0. The van der Waals surface area contributed by atoms with Gasteiger partial charge in [0.05, 0.1) is 4.90 Å². The Morgan fingerprint density at radius 2 is 1.86 bits per heavy atom. The summed E-state index contributed by atoms with van der Waals surface area (Å²) in [6, 6.07) is 4.92. The molecule has 0 saturated carbocycles. The van der Waals surface area contributed by atoms with Crippen molar-refractivity contribution in [2.45, 2.75) is 49.3 Å².